The fraction of sp³-hybridized carbons (Fsp3) is 0.385. The van der Waals surface area contributed by atoms with E-state index < -0.39 is 0 Å². The zero-order valence-electron chi connectivity index (χ0n) is 9.60. The maximum absolute atomic E-state index is 11.8. The number of fused-ring (bicyclic) bond motifs is 1. The molecule has 0 saturated heterocycles. The number of carbonyl (C=O) groups excluding carboxylic acids is 1. The minimum absolute atomic E-state index is 0.110. The molecule has 2 heterocycles. The highest BCUT2D eigenvalue weighted by Crippen LogP contribution is 2.25. The van der Waals surface area contributed by atoms with E-state index in [1.807, 2.05) is 24.4 Å². The van der Waals surface area contributed by atoms with Gasteiger partial charge in [0.15, 0.2) is 0 Å². The van der Waals surface area contributed by atoms with Crippen molar-refractivity contribution < 1.29 is 4.79 Å². The van der Waals surface area contributed by atoms with E-state index in [1.165, 1.54) is 0 Å². The van der Waals surface area contributed by atoms with Crippen LogP contribution in [0.15, 0.2) is 30.6 Å². The van der Waals surface area contributed by atoms with E-state index in [4.69, 9.17) is 11.6 Å². The SMILES string of the molecule is O=C1CCc2cccnc2N1C=CCCCCl. The third kappa shape index (κ3) is 2.86. The quantitative estimate of drug-likeness (QED) is 0.608. The third-order valence-electron chi connectivity index (χ3n) is 2.73. The minimum Gasteiger partial charge on any atom is -0.274 e. The Kier molecular flexibility index (Phi) is 4.15. The molecule has 1 aliphatic heterocycles. The summed E-state index contributed by atoms with van der Waals surface area (Å²) in [4.78, 5) is 17.8. The van der Waals surface area contributed by atoms with Crippen LogP contribution in [-0.4, -0.2) is 16.8 Å². The Morgan fingerprint density at radius 1 is 1.47 bits per heavy atom. The molecule has 0 saturated carbocycles. The highest BCUT2D eigenvalue weighted by molar-refractivity contribution is 6.17. The summed E-state index contributed by atoms with van der Waals surface area (Å²) in [5.41, 5.74) is 1.13. The molecule has 0 radical (unpaired) electrons. The van der Waals surface area contributed by atoms with Crippen molar-refractivity contribution in [2.24, 2.45) is 0 Å². The molecule has 1 aliphatic rings. The van der Waals surface area contributed by atoms with Crippen LogP contribution in [0.3, 0.4) is 0 Å². The number of amides is 1. The molecular formula is C13H15ClN2O. The van der Waals surface area contributed by atoms with E-state index in [-0.39, 0.29) is 5.91 Å². The number of alkyl halides is 1. The molecule has 0 spiro atoms. The van der Waals surface area contributed by atoms with Crippen LogP contribution in [0.5, 0.6) is 0 Å². The Balaban J connectivity index is 2.15. The number of anilines is 1. The van der Waals surface area contributed by atoms with E-state index >= 15 is 0 Å². The van der Waals surface area contributed by atoms with Crippen molar-refractivity contribution in [2.75, 3.05) is 10.8 Å². The number of aryl methyl sites for hydroxylation is 1. The first kappa shape index (κ1) is 12.1. The number of unbranched alkanes of at least 4 members (excludes halogenated alkanes) is 1. The molecule has 1 aromatic heterocycles. The van der Waals surface area contributed by atoms with Crippen LogP contribution in [0.1, 0.15) is 24.8 Å². The van der Waals surface area contributed by atoms with Gasteiger partial charge < -0.3 is 0 Å². The maximum atomic E-state index is 11.8. The van der Waals surface area contributed by atoms with Crippen molar-refractivity contribution in [3.8, 4) is 0 Å². The largest absolute Gasteiger partial charge is 0.274 e. The number of hydrogen-bond acceptors (Lipinski definition) is 2. The molecule has 0 unspecified atom stereocenters. The van der Waals surface area contributed by atoms with Crippen LogP contribution >= 0.6 is 11.6 Å². The summed E-state index contributed by atoms with van der Waals surface area (Å²) in [7, 11) is 0. The first-order chi connectivity index (χ1) is 8.33. The van der Waals surface area contributed by atoms with Gasteiger partial charge in [-0.15, -0.1) is 11.6 Å². The fourth-order valence-electron chi connectivity index (χ4n) is 1.85. The molecule has 90 valence electrons. The van der Waals surface area contributed by atoms with Crippen LogP contribution in [0.25, 0.3) is 0 Å². The summed E-state index contributed by atoms with van der Waals surface area (Å²) >= 11 is 5.61. The predicted molar refractivity (Wildman–Crippen MR) is 69.1 cm³/mol. The number of aromatic nitrogens is 1. The van der Waals surface area contributed by atoms with Crippen LogP contribution in [0.2, 0.25) is 0 Å². The molecule has 0 aromatic carbocycles. The van der Waals surface area contributed by atoms with Gasteiger partial charge in [0.05, 0.1) is 0 Å². The van der Waals surface area contributed by atoms with E-state index in [9.17, 15) is 4.79 Å². The number of rotatable bonds is 4. The normalized spacial score (nSPS) is 15.4. The van der Waals surface area contributed by atoms with Crippen LogP contribution < -0.4 is 4.90 Å². The van der Waals surface area contributed by atoms with Gasteiger partial charge in [-0.1, -0.05) is 12.1 Å². The lowest BCUT2D eigenvalue weighted by Crippen LogP contribution is -2.31. The molecule has 0 aliphatic carbocycles. The third-order valence-corrected chi connectivity index (χ3v) is 3.00. The van der Waals surface area contributed by atoms with Gasteiger partial charge >= 0.3 is 0 Å². The molecular weight excluding hydrogens is 236 g/mol. The average molecular weight is 251 g/mol. The molecule has 1 amide bonds. The lowest BCUT2D eigenvalue weighted by Gasteiger charge is -2.24. The summed E-state index contributed by atoms with van der Waals surface area (Å²) < 4.78 is 0. The van der Waals surface area contributed by atoms with E-state index in [0.717, 1.165) is 30.6 Å². The van der Waals surface area contributed by atoms with Crippen molar-refractivity contribution >= 4 is 23.3 Å². The van der Waals surface area contributed by atoms with E-state index in [1.54, 1.807) is 11.1 Å². The van der Waals surface area contributed by atoms with Crippen molar-refractivity contribution in [1.29, 1.82) is 0 Å². The molecule has 0 N–H and O–H groups in total. The second-order valence-corrected chi connectivity index (χ2v) is 4.34. The molecule has 0 atom stereocenters. The molecule has 2 rings (SSSR count). The van der Waals surface area contributed by atoms with E-state index in [0.29, 0.717) is 12.3 Å². The van der Waals surface area contributed by atoms with Gasteiger partial charge in [-0.3, -0.25) is 9.69 Å². The topological polar surface area (TPSA) is 33.2 Å². The van der Waals surface area contributed by atoms with Crippen LogP contribution in [-0.2, 0) is 11.2 Å². The average Bonchev–Trinajstić information content (AvgIpc) is 2.37. The van der Waals surface area contributed by atoms with Gasteiger partial charge in [-0.25, -0.2) is 4.98 Å². The maximum Gasteiger partial charge on any atom is 0.232 e. The number of nitrogens with zero attached hydrogens (tertiary/aromatic N) is 2. The monoisotopic (exact) mass is 250 g/mol. The lowest BCUT2D eigenvalue weighted by atomic mass is 10.1. The lowest BCUT2D eigenvalue weighted by molar-refractivity contribution is -0.118. The Labute approximate surface area is 106 Å². The van der Waals surface area contributed by atoms with Crippen LogP contribution in [0, 0.1) is 0 Å². The van der Waals surface area contributed by atoms with E-state index in [2.05, 4.69) is 4.98 Å². The second kappa shape index (κ2) is 5.82. The van der Waals surface area contributed by atoms with Crippen molar-refractivity contribution in [3.05, 3.63) is 36.2 Å². The second-order valence-electron chi connectivity index (χ2n) is 3.97. The highest BCUT2D eigenvalue weighted by Gasteiger charge is 2.22. The summed E-state index contributed by atoms with van der Waals surface area (Å²) in [5.74, 6) is 1.52. The molecule has 3 nitrogen and oxygen atoms in total. The van der Waals surface area contributed by atoms with Gasteiger partial charge in [0, 0.05) is 24.7 Å². The molecule has 0 bridgehead atoms. The number of pyridine rings is 1. The van der Waals surface area contributed by atoms with Crippen LogP contribution in [0.4, 0.5) is 5.82 Å². The van der Waals surface area contributed by atoms with Crippen molar-refractivity contribution in [1.82, 2.24) is 4.98 Å². The molecule has 0 fully saturated rings. The smallest absolute Gasteiger partial charge is 0.232 e. The number of carbonyl (C=O) groups is 1. The van der Waals surface area contributed by atoms with Gasteiger partial charge in [0.25, 0.3) is 0 Å². The Hall–Kier alpha value is -1.35. The fourth-order valence-corrected chi connectivity index (χ4v) is 2.01. The predicted octanol–water partition coefficient (Wildman–Crippen LogP) is 2.89. The van der Waals surface area contributed by atoms with Crippen molar-refractivity contribution in [3.63, 3.8) is 0 Å². The number of allylic oxidation sites excluding steroid dienone is 1. The van der Waals surface area contributed by atoms with Gasteiger partial charge in [-0.05, 0) is 30.9 Å². The number of hydrogen-bond donors (Lipinski definition) is 0. The van der Waals surface area contributed by atoms with Gasteiger partial charge in [0.2, 0.25) is 5.91 Å². The summed E-state index contributed by atoms with van der Waals surface area (Å²) in [5, 5.41) is 0. The molecule has 1 aromatic rings. The molecule has 17 heavy (non-hydrogen) atoms. The summed E-state index contributed by atoms with van der Waals surface area (Å²) in [6, 6.07) is 3.93. The summed E-state index contributed by atoms with van der Waals surface area (Å²) in [6.07, 6.45) is 8.66. The molecule has 4 heteroatoms. The summed E-state index contributed by atoms with van der Waals surface area (Å²) in [6.45, 7) is 0. The minimum atomic E-state index is 0.110. The standard InChI is InChI=1S/C13H15ClN2O/c14-8-2-1-3-10-16-12(17)7-6-11-5-4-9-15-13(11)16/h3-5,9-10H,1-2,6-8H2. The highest BCUT2D eigenvalue weighted by atomic mass is 35.5. The zero-order chi connectivity index (χ0) is 12.1. The van der Waals surface area contributed by atoms with Gasteiger partial charge in [-0.2, -0.15) is 0 Å². The van der Waals surface area contributed by atoms with Gasteiger partial charge in [0.1, 0.15) is 5.82 Å². The Bertz CT molecular complexity index is 431. The first-order valence-electron chi connectivity index (χ1n) is 5.81. The Morgan fingerprint density at radius 2 is 2.35 bits per heavy atom. The Morgan fingerprint density at radius 3 is 3.18 bits per heavy atom. The van der Waals surface area contributed by atoms with Crippen molar-refractivity contribution in [2.45, 2.75) is 25.7 Å². The zero-order valence-corrected chi connectivity index (χ0v) is 10.4. The number of halogens is 1. The first-order valence-corrected chi connectivity index (χ1v) is 6.35.